The van der Waals surface area contributed by atoms with Gasteiger partial charge in [-0.2, -0.15) is 27.5 Å². The minimum atomic E-state index is -1.31. The van der Waals surface area contributed by atoms with Crippen molar-refractivity contribution in [1.82, 2.24) is 37.2 Å². The van der Waals surface area contributed by atoms with E-state index < -0.39 is 144 Å². The topological polar surface area (TPSA) is 632 Å². The van der Waals surface area contributed by atoms with Crippen molar-refractivity contribution in [1.29, 1.82) is 5.26 Å². The van der Waals surface area contributed by atoms with Crippen molar-refractivity contribution in [3.63, 3.8) is 0 Å². The first-order valence-electron chi connectivity index (χ1n) is 37.8. The molecule has 0 aromatic heterocycles. The zero-order valence-corrected chi connectivity index (χ0v) is 68.1. The summed E-state index contributed by atoms with van der Waals surface area (Å²) in [5, 5.41) is 110. The molecule has 14 rings (SSSR count). The van der Waals surface area contributed by atoms with Crippen molar-refractivity contribution in [2.45, 2.75) is 271 Å². The predicted molar refractivity (Wildman–Crippen MR) is 395 cm³/mol. The molecule has 0 radical (unpaired) electrons. The van der Waals surface area contributed by atoms with E-state index >= 15 is 0 Å². The highest BCUT2D eigenvalue weighted by molar-refractivity contribution is 7.80. The summed E-state index contributed by atoms with van der Waals surface area (Å²) >= 11 is 4.09. The van der Waals surface area contributed by atoms with Crippen molar-refractivity contribution in [3.8, 4) is 18.4 Å². The molecule has 0 aromatic rings. The van der Waals surface area contributed by atoms with Crippen LogP contribution < -0.4 is 43.0 Å². The number of aliphatic hydroxyl groups excluding tert-OH is 8. The number of nitriles is 1. The molecule has 35 atom stereocenters. The Morgan fingerprint density at radius 1 is 0.470 bits per heavy atom. The molecule has 14 heterocycles. The van der Waals surface area contributed by atoms with Crippen LogP contribution in [-0.4, -0.2) is 334 Å². The van der Waals surface area contributed by atoms with Gasteiger partial charge in [0.1, 0.15) is 95.9 Å². The van der Waals surface area contributed by atoms with Gasteiger partial charge < -0.3 is 155 Å². The summed E-state index contributed by atoms with van der Waals surface area (Å²) in [6.45, 7) is 33.1. The van der Waals surface area contributed by atoms with Gasteiger partial charge in [-0.3, -0.25) is 33.6 Å². The van der Waals surface area contributed by atoms with E-state index in [0.29, 0.717) is 31.6 Å². The maximum Gasteiger partial charge on any atom is 0.373 e. The lowest BCUT2D eigenvalue weighted by Crippen LogP contribution is -2.67. The highest BCUT2D eigenvalue weighted by Crippen LogP contribution is 2.48. The molecule has 14 aliphatic heterocycles. The number of aliphatic hydroxyl groups is 8. The first kappa shape index (κ1) is 97.1. The van der Waals surface area contributed by atoms with E-state index in [1.807, 2.05) is 13.8 Å². The number of terminal acetylenes is 1. The number of hydrogen-bond acceptors (Lipinski definition) is 35. The van der Waals surface area contributed by atoms with E-state index in [1.54, 1.807) is 0 Å². The molecule has 0 spiro atoms. The van der Waals surface area contributed by atoms with Crippen LogP contribution in [0.5, 0.6) is 0 Å². The number of thiol groups is 1. The van der Waals surface area contributed by atoms with E-state index in [4.69, 9.17) is 100 Å². The summed E-state index contributed by atoms with van der Waals surface area (Å²) < 4.78 is 76.9. The van der Waals surface area contributed by atoms with Crippen LogP contribution in [-0.2, 0) is 109 Å². The molecule has 14 fully saturated rings. The Hall–Kier alpha value is -7.05. The van der Waals surface area contributed by atoms with Crippen molar-refractivity contribution in [2.75, 3.05) is 71.6 Å². The zero-order valence-electron chi connectivity index (χ0n) is 67.2. The molecule has 656 valence electrons. The summed E-state index contributed by atoms with van der Waals surface area (Å²) in [7, 11) is 0. The van der Waals surface area contributed by atoms with Gasteiger partial charge in [-0.1, -0.05) is 52.6 Å². The van der Waals surface area contributed by atoms with E-state index in [9.17, 15) is 79.7 Å². The number of carbonyl (C=O) groups excluding carboxylic acids is 9. The molecule has 0 aromatic carbocycles. The van der Waals surface area contributed by atoms with Crippen molar-refractivity contribution >= 4 is 60.1 Å². The second-order valence-electron chi connectivity index (χ2n) is 31.6. The summed E-state index contributed by atoms with van der Waals surface area (Å²) in [4.78, 5) is 99.5. The van der Waals surface area contributed by atoms with Gasteiger partial charge in [-0.25, -0.2) is 6.57 Å². The average Bonchev–Trinajstić information content (AvgIpc) is 1.69. The minimum absolute atomic E-state index is 0.00246. The highest BCUT2D eigenvalue weighted by atomic mass is 32.1. The number of carbonyl (C=O) groups is 7. The first-order chi connectivity index (χ1) is 54.8. The van der Waals surface area contributed by atoms with E-state index in [-0.39, 0.29) is 153 Å². The summed E-state index contributed by atoms with van der Waals surface area (Å²) in [5.41, 5.74) is 7.74. The second kappa shape index (κ2) is 40.1. The third-order valence-electron chi connectivity index (χ3n) is 23.8. The van der Waals surface area contributed by atoms with Crippen LogP contribution in [0.3, 0.4) is 0 Å². The second-order valence-corrected chi connectivity index (χ2v) is 31.9. The van der Waals surface area contributed by atoms with Gasteiger partial charge in [0.2, 0.25) is 47.9 Å². The molecule has 0 saturated carbocycles. The van der Waals surface area contributed by atoms with Crippen LogP contribution in [0, 0.1) is 65.8 Å². The third kappa shape index (κ3) is 20.8. The van der Waals surface area contributed by atoms with Gasteiger partial charge in [-0.05, 0) is 42.0 Å². The van der Waals surface area contributed by atoms with Gasteiger partial charge in [0.15, 0.2) is 60.8 Å². The summed E-state index contributed by atoms with van der Waals surface area (Å²) in [6.07, 6.45) is -8.43. The Morgan fingerprint density at radius 2 is 0.769 bits per heavy atom. The van der Waals surface area contributed by atoms with Crippen molar-refractivity contribution in [2.24, 2.45) is 46.4 Å². The maximum atomic E-state index is 11.2. The van der Waals surface area contributed by atoms with E-state index in [2.05, 4.69) is 111 Å². The van der Waals surface area contributed by atoms with Crippen LogP contribution in [0.15, 0.2) is 5.11 Å². The molecule has 0 aliphatic carbocycles. The van der Waals surface area contributed by atoms with Crippen LogP contribution in [0.25, 0.3) is 15.3 Å². The lowest BCUT2D eigenvalue weighted by Gasteiger charge is -2.43. The van der Waals surface area contributed by atoms with Crippen molar-refractivity contribution < 1.29 is 150 Å². The van der Waals surface area contributed by atoms with Gasteiger partial charge >= 0.3 is 6.15 Å². The van der Waals surface area contributed by atoms with E-state index in [1.165, 1.54) is 48.5 Å². The van der Waals surface area contributed by atoms with E-state index in [0.717, 1.165) is 0 Å². The molecule has 17 N–H and O–H groups in total. The fourth-order valence-corrected chi connectivity index (χ4v) is 16.6. The number of ether oxygens (including phenoxy) is 14. The SMILES string of the molecule is C#C[C@@]12CO[C@@H](O1)[C@H](NC(C)=O)[C@@H](O)[C@H]2O.CC(=O)N[C@H]1[C@H]2OC[C@](C#N)(O2)[C@H](C)[C@@H]1C.CC(=O)N[C@H]1[C@H]2OC[C@](C)(O2)[C@H](C)[C@@H]1C.CC(=O)N[C@H]1[C@H]2OC[C@](CN)(O2)[C@H](O)[C@@H]1O.CC(=O)N[C@H]1[C@H]2OC[C@](CN=[N+]=[N-])(O2)[C@H](O)[C@@H]1O.CC(=O)N[C@H]1[C@H]2OC[C@](CS)(O2)[C@H](O)[C@@H]1O.O=C=O.[C-]#[N+]C[C@@]12CO[C@@H](O1)[C@H](NC(C)=O)[C@@H](C)[C@H]2C. The molecule has 45 heteroatoms. The zero-order chi connectivity index (χ0) is 87.6. The fraction of sp³-hybridized carbons (Fsp3) is 0.833. The van der Waals surface area contributed by atoms with Crippen molar-refractivity contribution in [3.05, 3.63) is 21.9 Å². The Bertz CT molecular complexity index is 3600. The Morgan fingerprint density at radius 3 is 1.18 bits per heavy atom. The number of azide groups is 1. The van der Waals surface area contributed by atoms with Gasteiger partial charge in [-0.15, -0.1) is 6.42 Å². The lowest BCUT2D eigenvalue weighted by atomic mass is 9.75. The molecule has 14 bridgehead atoms. The van der Waals surface area contributed by atoms with Crippen LogP contribution in [0.2, 0.25) is 0 Å². The molecule has 7 amide bonds. The molecule has 44 nitrogen and oxygen atoms in total. The molecular formula is C72H111N13O31S. The molecule has 117 heavy (non-hydrogen) atoms. The van der Waals surface area contributed by atoms with Crippen LogP contribution >= 0.6 is 12.6 Å². The smallest absolute Gasteiger partial charge is 0.373 e. The first-order valence-corrected chi connectivity index (χ1v) is 38.4. The quantitative estimate of drug-likeness (QED) is 0.0216. The lowest BCUT2D eigenvalue weighted by molar-refractivity contribution is -0.221. The Kier molecular flexibility index (Phi) is 33.3. The van der Waals surface area contributed by atoms with Gasteiger partial charge in [0.25, 0.3) is 0 Å². The fourth-order valence-electron chi connectivity index (χ4n) is 16.3. The van der Waals surface area contributed by atoms with Crippen LogP contribution in [0.4, 0.5) is 0 Å². The van der Waals surface area contributed by atoms with Gasteiger partial charge in [0, 0.05) is 71.6 Å². The monoisotopic (exact) mass is 1690 g/mol. The number of fused-ring (bicyclic) bond motifs is 14. The average molecular weight is 1690 g/mol. The molecule has 14 aliphatic rings. The minimum Gasteiger partial charge on any atom is -0.388 e. The number of rotatable bonds is 12. The summed E-state index contributed by atoms with van der Waals surface area (Å²) in [6, 6.07) is -1.28. The molecule has 14 saturated heterocycles. The molecular weight excluding hydrogens is 1570 g/mol. The highest BCUT2D eigenvalue weighted by Gasteiger charge is 2.65. The Labute approximate surface area is 679 Å². The number of nitrogens with two attached hydrogens (primary N) is 1. The number of amides is 7. The number of nitrogens with zero attached hydrogens (tertiary/aromatic N) is 5. The molecule has 0 unspecified atom stereocenters. The number of nitrogens with one attached hydrogen (secondary N) is 7. The van der Waals surface area contributed by atoms with Gasteiger partial charge in [0.05, 0.1) is 76.5 Å². The third-order valence-corrected chi connectivity index (χ3v) is 24.3. The standard InChI is InChI=1S/C12H18N2O3.C11H16N2O3.C11H19NO3.C10H13NO5.C9H14N4O5.C9H16N2O5.C9H15NO5S.CO2/c1-7-8(2)12(5-13-4)6-16-11(17-12)10(7)14-9(3)15;1-6-7(2)11(4-12)5-15-10(16-11)9(6)13-8(3)14;1-6-7(2)11(4)5-14-10(15-11)9(6)12-8(3)13;1-3-10-4-15-9(16-10)6(11-5(2)12)7(13)8(10)14;1-4(14)12-5-6(15)7(16)9(2-11-13-10)3-17-8(5)18-9;1-4(12)11-5-6(13)7(14)9(2-10)3-15-8(5)16-9;1-4(11)10-5-6(12)7(13)9(3-16)2-14-8(5)15-9;2-1-3/h7-8,10-11H,5-6H2,1-3H3,(H,14,15);6-7,9-10H,5H2,1-3H3,(H,13,14);6-7,9-10H,5H2,1-4H3,(H,12,13);1,6-9,13-14H,4H2,2H3,(H,11,12);5-8,15-16H,2-3H2,1H3,(H,12,14);5-8,13-14H,2-3,10H2,1H3,(H,11,12);5-8,12-13,16H,2-3H2,1H3,(H,10,11);/t7-,8+,10+,11-,12-;2*6-,7+,9+,10-,11-;6-,7-,8-,9+,10+;2*5-,6-,7-,8+,9+;5-,6-,7-,8+,9-;/m0001111./s1. The predicted octanol–water partition coefficient (Wildman–Crippen LogP) is -6.27. The largest absolute Gasteiger partial charge is 0.388 e. The normalized spacial score (nSPS) is 44.7. The Balaban J connectivity index is 0.000000188. The van der Waals surface area contributed by atoms with Crippen LogP contribution in [0.1, 0.15) is 96.9 Å². The maximum absolute atomic E-state index is 11.2. The summed E-state index contributed by atoms with van der Waals surface area (Å²) in [5.74, 6) is 2.36. The number of hydrogen-bond donors (Lipinski definition) is 17.